The molecule has 0 radical (unpaired) electrons. The highest BCUT2D eigenvalue weighted by Gasteiger charge is 2.19. The monoisotopic (exact) mass is 431 g/mol. The smallest absolute Gasteiger partial charge is 0.229 e. The van der Waals surface area contributed by atoms with Gasteiger partial charge in [0.2, 0.25) is 11.8 Å². The van der Waals surface area contributed by atoms with Crippen molar-refractivity contribution in [3.8, 4) is 0 Å². The van der Waals surface area contributed by atoms with Crippen LogP contribution in [0.2, 0.25) is 10.0 Å². The van der Waals surface area contributed by atoms with Crippen molar-refractivity contribution >= 4 is 52.2 Å². The van der Waals surface area contributed by atoms with Gasteiger partial charge in [0, 0.05) is 34.9 Å². The van der Waals surface area contributed by atoms with E-state index in [1.54, 1.807) is 30.3 Å². The number of rotatable bonds is 5. The highest BCUT2D eigenvalue weighted by Crippen LogP contribution is 2.29. The van der Waals surface area contributed by atoms with Crippen LogP contribution in [-0.2, 0) is 16.0 Å². The number of carbonyl (C=O) groups is 2. The molecule has 3 aromatic rings. The van der Waals surface area contributed by atoms with Gasteiger partial charge in [0.25, 0.3) is 0 Å². The number of para-hydroxylation sites is 1. The Kier molecular flexibility index (Phi) is 6.46. The first kappa shape index (κ1) is 20.8. The summed E-state index contributed by atoms with van der Waals surface area (Å²) in [5.74, 6) is -1.16. The molecule has 1 heterocycles. The zero-order valence-corrected chi connectivity index (χ0v) is 16.8. The van der Waals surface area contributed by atoms with Crippen molar-refractivity contribution in [2.75, 3.05) is 10.2 Å². The van der Waals surface area contributed by atoms with Gasteiger partial charge in [-0.15, -0.1) is 0 Å². The molecule has 0 aliphatic heterocycles. The van der Waals surface area contributed by atoms with E-state index in [-0.39, 0.29) is 23.8 Å². The first-order valence-corrected chi connectivity index (χ1v) is 9.36. The Labute approximate surface area is 177 Å². The lowest BCUT2D eigenvalue weighted by Crippen LogP contribution is -2.25. The maximum atomic E-state index is 14.2. The van der Waals surface area contributed by atoms with E-state index in [1.165, 1.54) is 37.4 Å². The van der Waals surface area contributed by atoms with Crippen molar-refractivity contribution in [1.82, 2.24) is 4.98 Å². The Hall–Kier alpha value is -2.96. The Morgan fingerprint density at radius 2 is 1.76 bits per heavy atom. The van der Waals surface area contributed by atoms with Crippen LogP contribution in [0.15, 0.2) is 60.8 Å². The number of halogens is 3. The van der Waals surface area contributed by atoms with Crippen LogP contribution >= 0.6 is 23.2 Å². The van der Waals surface area contributed by atoms with Crippen LogP contribution in [0.3, 0.4) is 0 Å². The van der Waals surface area contributed by atoms with E-state index in [4.69, 9.17) is 23.2 Å². The van der Waals surface area contributed by atoms with E-state index < -0.39 is 11.7 Å². The summed E-state index contributed by atoms with van der Waals surface area (Å²) in [6, 6.07) is 13.9. The molecule has 0 aliphatic carbocycles. The van der Waals surface area contributed by atoms with Gasteiger partial charge in [0.05, 0.1) is 12.1 Å². The minimum absolute atomic E-state index is 0.0279. The fraction of sp³-hybridized carbons (Fsp3) is 0.0952. The van der Waals surface area contributed by atoms with E-state index in [0.717, 1.165) is 4.90 Å². The molecule has 0 bridgehead atoms. The van der Waals surface area contributed by atoms with Crippen LogP contribution in [0.25, 0.3) is 0 Å². The van der Waals surface area contributed by atoms with Crippen molar-refractivity contribution in [1.29, 1.82) is 0 Å². The van der Waals surface area contributed by atoms with Gasteiger partial charge in [-0.1, -0.05) is 41.4 Å². The number of nitrogens with one attached hydrogen (secondary N) is 1. The highest BCUT2D eigenvalue weighted by atomic mass is 35.5. The molecule has 1 N–H and O–H groups in total. The van der Waals surface area contributed by atoms with E-state index in [0.29, 0.717) is 21.3 Å². The quantitative estimate of drug-likeness (QED) is 0.588. The van der Waals surface area contributed by atoms with Crippen molar-refractivity contribution < 1.29 is 14.0 Å². The number of carbonyl (C=O) groups excluding carboxylic acids is 2. The molecule has 0 spiro atoms. The van der Waals surface area contributed by atoms with E-state index in [1.807, 2.05) is 0 Å². The third-order valence-electron chi connectivity index (χ3n) is 4.07. The third-order valence-corrected chi connectivity index (χ3v) is 4.77. The first-order chi connectivity index (χ1) is 13.9. The zero-order valence-electron chi connectivity index (χ0n) is 15.3. The lowest BCUT2D eigenvalue weighted by Gasteiger charge is -2.21. The standard InChI is InChI=1S/C21H16Cl2FN3O2/c1-13(28)27(19-8-3-2-7-18(19)24)20-11-14(9-10-25-20)26-21(29)12-15-16(22)5-4-6-17(15)23/h2-11H,12H2,1H3,(H,25,26,29). The van der Waals surface area contributed by atoms with Gasteiger partial charge in [-0.05, 0) is 35.9 Å². The summed E-state index contributed by atoms with van der Waals surface area (Å²) in [5.41, 5.74) is 0.976. The largest absolute Gasteiger partial charge is 0.326 e. The summed E-state index contributed by atoms with van der Waals surface area (Å²) < 4.78 is 14.2. The SMILES string of the molecule is CC(=O)N(c1cc(NC(=O)Cc2c(Cl)cccc2Cl)ccn1)c1ccccc1F. The fourth-order valence-corrected chi connectivity index (χ4v) is 3.30. The van der Waals surface area contributed by atoms with Crippen molar-refractivity contribution in [3.63, 3.8) is 0 Å². The summed E-state index contributed by atoms with van der Waals surface area (Å²) in [7, 11) is 0. The Morgan fingerprint density at radius 1 is 1.07 bits per heavy atom. The van der Waals surface area contributed by atoms with Gasteiger partial charge in [-0.2, -0.15) is 0 Å². The molecule has 2 amide bonds. The maximum absolute atomic E-state index is 14.2. The normalized spacial score (nSPS) is 10.5. The molecule has 8 heteroatoms. The van der Waals surface area contributed by atoms with Gasteiger partial charge < -0.3 is 5.32 Å². The van der Waals surface area contributed by atoms with Crippen molar-refractivity contribution in [2.24, 2.45) is 0 Å². The summed E-state index contributed by atoms with van der Waals surface area (Å²) in [6.07, 6.45) is 1.39. The Morgan fingerprint density at radius 3 is 2.41 bits per heavy atom. The molecule has 148 valence electrons. The van der Waals surface area contributed by atoms with Gasteiger partial charge in [-0.25, -0.2) is 9.37 Å². The number of hydrogen-bond donors (Lipinski definition) is 1. The van der Waals surface area contributed by atoms with Crippen LogP contribution in [-0.4, -0.2) is 16.8 Å². The average Bonchev–Trinajstić information content (AvgIpc) is 2.67. The molecule has 2 aromatic carbocycles. The molecule has 0 fully saturated rings. The fourth-order valence-electron chi connectivity index (χ4n) is 2.77. The number of benzene rings is 2. The van der Waals surface area contributed by atoms with Gasteiger partial charge in [0.1, 0.15) is 11.6 Å². The minimum Gasteiger partial charge on any atom is -0.326 e. The van der Waals surface area contributed by atoms with E-state index >= 15 is 0 Å². The number of nitrogens with zero attached hydrogens (tertiary/aromatic N) is 2. The Bertz CT molecular complexity index is 1060. The van der Waals surface area contributed by atoms with Crippen LogP contribution in [0, 0.1) is 5.82 Å². The lowest BCUT2D eigenvalue weighted by atomic mass is 10.1. The van der Waals surface area contributed by atoms with Gasteiger partial charge in [0.15, 0.2) is 0 Å². The molecular weight excluding hydrogens is 416 g/mol. The second-order valence-electron chi connectivity index (χ2n) is 6.13. The second-order valence-corrected chi connectivity index (χ2v) is 6.95. The highest BCUT2D eigenvalue weighted by molar-refractivity contribution is 6.36. The molecule has 1 aromatic heterocycles. The van der Waals surface area contributed by atoms with Gasteiger partial charge >= 0.3 is 0 Å². The number of amides is 2. The second kappa shape index (κ2) is 9.03. The summed E-state index contributed by atoms with van der Waals surface area (Å²) >= 11 is 12.2. The number of anilines is 3. The number of aromatic nitrogens is 1. The maximum Gasteiger partial charge on any atom is 0.229 e. The predicted molar refractivity (Wildman–Crippen MR) is 112 cm³/mol. The molecule has 3 rings (SSSR count). The zero-order chi connectivity index (χ0) is 21.0. The first-order valence-electron chi connectivity index (χ1n) is 8.61. The van der Waals surface area contributed by atoms with Gasteiger partial charge in [-0.3, -0.25) is 14.5 Å². The summed E-state index contributed by atoms with van der Waals surface area (Å²) in [6.45, 7) is 1.30. The Balaban J connectivity index is 1.84. The van der Waals surface area contributed by atoms with Crippen molar-refractivity contribution in [3.05, 3.63) is 82.2 Å². The molecular formula is C21H16Cl2FN3O2. The molecule has 5 nitrogen and oxygen atoms in total. The number of hydrogen-bond acceptors (Lipinski definition) is 3. The predicted octanol–water partition coefficient (Wildman–Crippen LogP) is 5.39. The average molecular weight is 432 g/mol. The molecule has 0 saturated carbocycles. The molecule has 0 saturated heterocycles. The van der Waals surface area contributed by atoms with Crippen LogP contribution in [0.1, 0.15) is 12.5 Å². The molecule has 0 atom stereocenters. The van der Waals surface area contributed by atoms with Crippen LogP contribution in [0.4, 0.5) is 21.6 Å². The molecule has 29 heavy (non-hydrogen) atoms. The van der Waals surface area contributed by atoms with E-state index in [9.17, 15) is 14.0 Å². The third kappa shape index (κ3) is 4.91. The summed E-state index contributed by atoms with van der Waals surface area (Å²) in [5, 5.41) is 3.50. The lowest BCUT2D eigenvalue weighted by molar-refractivity contribution is -0.116. The minimum atomic E-state index is -0.563. The van der Waals surface area contributed by atoms with Crippen LogP contribution < -0.4 is 10.2 Å². The topological polar surface area (TPSA) is 62.3 Å². The van der Waals surface area contributed by atoms with Crippen LogP contribution in [0.5, 0.6) is 0 Å². The van der Waals surface area contributed by atoms with E-state index in [2.05, 4.69) is 10.3 Å². The molecule has 0 aliphatic rings. The molecule has 0 unspecified atom stereocenters. The summed E-state index contributed by atoms with van der Waals surface area (Å²) in [4.78, 5) is 29.9. The van der Waals surface area contributed by atoms with Crippen molar-refractivity contribution in [2.45, 2.75) is 13.3 Å². The number of pyridine rings is 1.